The molecule has 17 heavy (non-hydrogen) atoms. The van der Waals surface area contributed by atoms with Gasteiger partial charge in [0.25, 0.3) is 0 Å². The molecule has 0 bridgehead atoms. The number of aromatic nitrogens is 1. The van der Waals surface area contributed by atoms with E-state index < -0.39 is 24.1 Å². The minimum absolute atomic E-state index is 0.138. The van der Waals surface area contributed by atoms with Crippen molar-refractivity contribution in [3.8, 4) is 11.8 Å². The van der Waals surface area contributed by atoms with Gasteiger partial charge in [-0.05, 0) is 6.07 Å². The van der Waals surface area contributed by atoms with Gasteiger partial charge in [0.2, 0.25) is 0 Å². The number of hydrogen-bond donors (Lipinski definition) is 2. The van der Waals surface area contributed by atoms with Crippen molar-refractivity contribution in [3.63, 3.8) is 0 Å². The third kappa shape index (κ3) is 3.68. The number of nitrogens with two attached hydrogens (primary N) is 1. The van der Waals surface area contributed by atoms with Crippen LogP contribution in [0.5, 0.6) is 0 Å². The monoisotopic (exact) mass is 244 g/mol. The summed E-state index contributed by atoms with van der Waals surface area (Å²) in [5.41, 5.74) is 4.20. The van der Waals surface area contributed by atoms with Gasteiger partial charge in [-0.15, -0.1) is 0 Å². The molecule has 1 heterocycles. The van der Waals surface area contributed by atoms with Crippen LogP contribution in [0.4, 0.5) is 19.0 Å². The number of nitrogens with zero attached hydrogens (tertiary/aromatic N) is 1. The van der Waals surface area contributed by atoms with Crippen LogP contribution < -0.4 is 5.73 Å². The lowest BCUT2D eigenvalue weighted by Gasteiger charge is -2.06. The van der Waals surface area contributed by atoms with Gasteiger partial charge in [-0.3, -0.25) is 4.79 Å². The van der Waals surface area contributed by atoms with E-state index in [4.69, 9.17) is 10.8 Å². The fourth-order valence-corrected chi connectivity index (χ4v) is 0.946. The third-order valence-electron chi connectivity index (χ3n) is 1.71. The molecule has 0 radical (unpaired) electrons. The minimum Gasteiger partial charge on any atom is -0.481 e. The predicted octanol–water partition coefficient (Wildman–Crippen LogP) is 1.51. The van der Waals surface area contributed by atoms with Crippen LogP contribution in [0.15, 0.2) is 12.3 Å². The van der Waals surface area contributed by atoms with Gasteiger partial charge in [-0.25, -0.2) is 4.98 Å². The Morgan fingerprint density at radius 3 is 2.71 bits per heavy atom. The highest BCUT2D eigenvalue weighted by atomic mass is 19.4. The largest absolute Gasteiger partial charge is 0.481 e. The first-order valence-electron chi connectivity index (χ1n) is 4.34. The smallest absolute Gasteiger partial charge is 0.417 e. The van der Waals surface area contributed by atoms with Crippen molar-refractivity contribution in [1.82, 2.24) is 4.98 Å². The number of hydrogen-bond acceptors (Lipinski definition) is 3. The molecule has 90 valence electrons. The van der Waals surface area contributed by atoms with Gasteiger partial charge in [0.05, 0.1) is 11.1 Å². The summed E-state index contributed by atoms with van der Waals surface area (Å²) >= 11 is 0. The lowest BCUT2D eigenvalue weighted by atomic mass is 10.2. The Bertz CT molecular complexity index is 500. The molecule has 0 aliphatic carbocycles. The maximum atomic E-state index is 12.3. The van der Waals surface area contributed by atoms with Gasteiger partial charge in [0.1, 0.15) is 12.2 Å². The van der Waals surface area contributed by atoms with E-state index in [0.29, 0.717) is 6.20 Å². The summed E-state index contributed by atoms with van der Waals surface area (Å²) in [6, 6.07) is 0.733. The van der Waals surface area contributed by atoms with Gasteiger partial charge < -0.3 is 10.8 Å². The summed E-state index contributed by atoms with van der Waals surface area (Å²) < 4.78 is 37.0. The lowest BCUT2D eigenvalue weighted by Crippen LogP contribution is -2.07. The van der Waals surface area contributed by atoms with E-state index in [9.17, 15) is 18.0 Å². The van der Waals surface area contributed by atoms with Gasteiger partial charge in [-0.2, -0.15) is 13.2 Å². The number of pyridine rings is 1. The molecule has 1 aromatic rings. The Balaban J connectivity index is 3.06. The second-order valence-electron chi connectivity index (χ2n) is 3.03. The number of anilines is 1. The van der Waals surface area contributed by atoms with Crippen molar-refractivity contribution in [3.05, 3.63) is 23.4 Å². The van der Waals surface area contributed by atoms with Gasteiger partial charge in [-0.1, -0.05) is 11.8 Å². The number of aliphatic carboxylic acids is 1. The van der Waals surface area contributed by atoms with Crippen molar-refractivity contribution in [2.24, 2.45) is 0 Å². The van der Waals surface area contributed by atoms with Gasteiger partial charge >= 0.3 is 12.1 Å². The van der Waals surface area contributed by atoms with E-state index in [1.165, 1.54) is 0 Å². The van der Waals surface area contributed by atoms with Crippen LogP contribution >= 0.6 is 0 Å². The quantitative estimate of drug-likeness (QED) is 0.734. The number of carboxylic acid groups (broad SMARTS) is 1. The van der Waals surface area contributed by atoms with Crippen LogP contribution in [-0.2, 0) is 11.0 Å². The SMILES string of the molecule is Nc1ncc(C(F)(F)F)cc1C#CCC(=O)O. The topological polar surface area (TPSA) is 76.2 Å². The van der Waals surface area contributed by atoms with Crippen LogP contribution in [0.2, 0.25) is 0 Å². The van der Waals surface area contributed by atoms with Gasteiger partial charge in [0.15, 0.2) is 0 Å². The molecule has 0 amide bonds. The standard InChI is InChI=1S/C10H7F3N2O2/c11-10(12,13)7-4-6(9(14)15-5-7)2-1-3-8(16)17/h4-5H,3H2,(H2,14,15)(H,16,17). The third-order valence-corrected chi connectivity index (χ3v) is 1.71. The van der Waals surface area contributed by atoms with Crippen molar-refractivity contribution >= 4 is 11.8 Å². The summed E-state index contributed by atoms with van der Waals surface area (Å²) in [5, 5.41) is 8.32. The Hall–Kier alpha value is -2.23. The first-order chi connectivity index (χ1) is 7.80. The summed E-state index contributed by atoms with van der Waals surface area (Å²) in [6.45, 7) is 0. The summed E-state index contributed by atoms with van der Waals surface area (Å²) in [4.78, 5) is 13.5. The van der Waals surface area contributed by atoms with Crippen LogP contribution in [0.1, 0.15) is 17.5 Å². The zero-order valence-electron chi connectivity index (χ0n) is 8.38. The van der Waals surface area contributed by atoms with E-state index in [0.717, 1.165) is 6.07 Å². The lowest BCUT2D eigenvalue weighted by molar-refractivity contribution is -0.138. The number of rotatable bonds is 1. The summed E-state index contributed by atoms with van der Waals surface area (Å²) in [7, 11) is 0. The molecule has 0 aromatic carbocycles. The normalized spacial score (nSPS) is 10.5. The number of halogens is 3. The van der Waals surface area contributed by atoms with E-state index in [2.05, 4.69) is 16.8 Å². The van der Waals surface area contributed by atoms with E-state index >= 15 is 0 Å². The Morgan fingerprint density at radius 2 is 2.18 bits per heavy atom. The average molecular weight is 244 g/mol. The number of carbonyl (C=O) groups is 1. The highest BCUT2D eigenvalue weighted by molar-refractivity contribution is 5.70. The van der Waals surface area contributed by atoms with E-state index in [1.54, 1.807) is 0 Å². The first-order valence-corrected chi connectivity index (χ1v) is 4.34. The molecule has 0 atom stereocenters. The fraction of sp³-hybridized carbons (Fsp3) is 0.200. The van der Waals surface area contributed by atoms with Crippen molar-refractivity contribution in [2.45, 2.75) is 12.6 Å². The van der Waals surface area contributed by atoms with Crippen LogP contribution in [-0.4, -0.2) is 16.1 Å². The predicted molar refractivity (Wildman–Crippen MR) is 52.8 cm³/mol. The van der Waals surface area contributed by atoms with E-state index in [1.807, 2.05) is 0 Å². The Kier molecular flexibility index (Phi) is 3.58. The molecule has 1 rings (SSSR count). The molecule has 0 unspecified atom stereocenters. The maximum Gasteiger partial charge on any atom is 0.417 e. The summed E-state index contributed by atoms with van der Waals surface area (Å²) in [5.74, 6) is 3.08. The van der Waals surface area contributed by atoms with Crippen LogP contribution in [0.25, 0.3) is 0 Å². The molecule has 3 N–H and O–H groups in total. The zero-order chi connectivity index (χ0) is 13.1. The van der Waals surface area contributed by atoms with E-state index in [-0.39, 0.29) is 11.4 Å². The maximum absolute atomic E-state index is 12.3. The second kappa shape index (κ2) is 4.74. The molecule has 4 nitrogen and oxygen atoms in total. The van der Waals surface area contributed by atoms with Crippen molar-refractivity contribution < 1.29 is 23.1 Å². The van der Waals surface area contributed by atoms with Gasteiger partial charge in [0, 0.05) is 6.20 Å². The molecule has 0 aliphatic rings. The number of carboxylic acids is 1. The molecule has 0 saturated carbocycles. The van der Waals surface area contributed by atoms with Crippen LogP contribution in [0.3, 0.4) is 0 Å². The number of alkyl halides is 3. The summed E-state index contributed by atoms with van der Waals surface area (Å²) in [6.07, 6.45) is -4.42. The highest BCUT2D eigenvalue weighted by Crippen LogP contribution is 2.29. The molecule has 0 saturated heterocycles. The highest BCUT2D eigenvalue weighted by Gasteiger charge is 2.31. The number of nitrogen functional groups attached to an aromatic ring is 1. The minimum atomic E-state index is -4.54. The fourth-order valence-electron chi connectivity index (χ4n) is 0.946. The first kappa shape index (κ1) is 12.8. The molecular formula is C10H7F3N2O2. The average Bonchev–Trinajstić information content (AvgIpc) is 2.18. The molecule has 0 spiro atoms. The molecule has 7 heteroatoms. The zero-order valence-corrected chi connectivity index (χ0v) is 8.38. The van der Waals surface area contributed by atoms with Crippen molar-refractivity contribution in [2.75, 3.05) is 5.73 Å². The molecule has 1 aromatic heterocycles. The Labute approximate surface area is 94.3 Å². The van der Waals surface area contributed by atoms with Crippen molar-refractivity contribution in [1.29, 1.82) is 0 Å². The molecule has 0 aliphatic heterocycles. The molecule has 0 fully saturated rings. The molecular weight excluding hydrogens is 237 g/mol. The second-order valence-corrected chi connectivity index (χ2v) is 3.03. The van der Waals surface area contributed by atoms with Crippen LogP contribution in [0, 0.1) is 11.8 Å². The Morgan fingerprint density at radius 1 is 1.53 bits per heavy atom.